The zero-order valence-corrected chi connectivity index (χ0v) is 30.8. The molecule has 6 heterocycles. The van der Waals surface area contributed by atoms with Crippen molar-refractivity contribution in [3.05, 3.63) is 89.1 Å². The third-order valence-electron chi connectivity index (χ3n) is 7.23. The zero-order chi connectivity index (χ0) is 32.1. The minimum absolute atomic E-state index is 0.249. The third-order valence-corrected chi connectivity index (χ3v) is 15.5. The number of thiophene rings is 6. The van der Waals surface area contributed by atoms with Crippen molar-refractivity contribution in [1.82, 2.24) is 0 Å². The summed E-state index contributed by atoms with van der Waals surface area (Å²) in [7, 11) is 0. The fourth-order valence-corrected chi connectivity index (χ4v) is 12.4. The van der Waals surface area contributed by atoms with Gasteiger partial charge < -0.3 is 0 Å². The summed E-state index contributed by atoms with van der Waals surface area (Å²) in [5.74, 6) is -16.0. The molecule has 0 nitrogen and oxygen atoms in total. The molecule has 7 rings (SSSR count). The maximum Gasteiger partial charge on any atom is 0.380 e. The third kappa shape index (κ3) is 5.13. The first-order valence-corrected chi connectivity index (χ1v) is 19.5. The minimum atomic E-state index is -5.67. The van der Waals surface area contributed by atoms with Gasteiger partial charge >= 0.3 is 17.8 Å². The molecule has 0 aliphatic heterocycles. The Bertz CT molecular complexity index is 1970. The van der Waals surface area contributed by atoms with Gasteiger partial charge in [0, 0.05) is 61.3 Å². The van der Waals surface area contributed by atoms with Gasteiger partial charge in [-0.15, -0.1) is 68.0 Å². The van der Waals surface area contributed by atoms with E-state index in [0.717, 1.165) is 40.0 Å². The number of alkyl halides is 6. The fraction of sp³-hybridized carbons (Fsp3) is 0.161. The van der Waals surface area contributed by atoms with Gasteiger partial charge in [0.05, 0.1) is 17.3 Å². The topological polar surface area (TPSA) is 0 Å². The van der Waals surface area contributed by atoms with Crippen molar-refractivity contribution in [2.75, 3.05) is 0 Å². The summed E-state index contributed by atoms with van der Waals surface area (Å²) in [5, 5.41) is 0. The van der Waals surface area contributed by atoms with E-state index in [4.69, 9.17) is 0 Å². The summed E-state index contributed by atoms with van der Waals surface area (Å²) in [6.45, 7) is 3.67. The summed E-state index contributed by atoms with van der Waals surface area (Å²) >= 11 is 14.3. The molecular weight excluding hydrogens is 839 g/mol. The standard InChI is InChI=1S/C31H16Br2F6S6/c1-13-3-5-19(40-13)27-15(11-21(44-27)17-7-9-23(32)42-17)25-26(30(36,37)31(38,39)29(25,34)35)16-12-22(18-8-10-24(33)43-18)45-28(16)20-6-4-14(2)41-20/h3-12H,1-2H3. The fourth-order valence-electron chi connectivity index (χ4n) is 5.20. The van der Waals surface area contributed by atoms with Crippen LogP contribution in [0.25, 0.3) is 50.2 Å². The van der Waals surface area contributed by atoms with Crippen molar-refractivity contribution in [3.8, 4) is 39.0 Å². The highest BCUT2D eigenvalue weighted by Crippen LogP contribution is 2.67. The Morgan fingerprint density at radius 2 is 0.844 bits per heavy atom. The van der Waals surface area contributed by atoms with Gasteiger partial charge in [0.1, 0.15) is 0 Å². The molecule has 0 radical (unpaired) electrons. The molecule has 0 spiro atoms. The molecule has 0 saturated carbocycles. The maximum absolute atomic E-state index is 16.2. The quantitative estimate of drug-likeness (QED) is 0.146. The van der Waals surface area contributed by atoms with Gasteiger partial charge in [-0.3, -0.25) is 0 Å². The SMILES string of the molecule is Cc1ccc(-c2sc(-c3ccc(Br)s3)cc2C2=C(c3cc(-c4ccc(Br)s4)sc3-c3ccc(C)s3)C(F)(F)C(F)(F)C2(F)F)s1. The highest BCUT2D eigenvalue weighted by molar-refractivity contribution is 9.11. The van der Waals surface area contributed by atoms with Crippen LogP contribution in [0.2, 0.25) is 0 Å². The molecule has 0 fully saturated rings. The van der Waals surface area contributed by atoms with E-state index in [2.05, 4.69) is 31.9 Å². The van der Waals surface area contributed by atoms with Crippen LogP contribution in [0.5, 0.6) is 0 Å². The first-order valence-electron chi connectivity index (χ1n) is 13.0. The van der Waals surface area contributed by atoms with Gasteiger partial charge in [-0.2, -0.15) is 26.3 Å². The van der Waals surface area contributed by atoms with Crippen LogP contribution < -0.4 is 0 Å². The van der Waals surface area contributed by atoms with Crippen LogP contribution in [0.3, 0.4) is 0 Å². The van der Waals surface area contributed by atoms with Gasteiger partial charge in [-0.25, -0.2) is 0 Å². The van der Waals surface area contributed by atoms with Gasteiger partial charge in [0.25, 0.3) is 0 Å². The van der Waals surface area contributed by atoms with Crippen molar-refractivity contribution in [2.45, 2.75) is 31.6 Å². The lowest BCUT2D eigenvalue weighted by atomic mass is 9.94. The lowest BCUT2D eigenvalue weighted by molar-refractivity contribution is -0.254. The van der Waals surface area contributed by atoms with Crippen LogP contribution in [0.1, 0.15) is 20.9 Å². The first kappa shape index (κ1) is 32.0. The Morgan fingerprint density at radius 3 is 1.16 bits per heavy atom. The number of halogens is 8. The smallest absolute Gasteiger partial charge is 0.194 e. The van der Waals surface area contributed by atoms with Crippen LogP contribution in [0.15, 0.2) is 68.2 Å². The lowest BCUT2D eigenvalue weighted by Gasteiger charge is -2.25. The van der Waals surface area contributed by atoms with Crippen LogP contribution in [0.4, 0.5) is 26.3 Å². The first-order chi connectivity index (χ1) is 21.2. The van der Waals surface area contributed by atoms with Crippen molar-refractivity contribution in [2.24, 2.45) is 0 Å². The number of hydrogen-bond donors (Lipinski definition) is 0. The van der Waals surface area contributed by atoms with E-state index in [1.54, 1.807) is 48.5 Å². The molecule has 1 aliphatic carbocycles. The zero-order valence-electron chi connectivity index (χ0n) is 22.7. The molecule has 0 aromatic carbocycles. The van der Waals surface area contributed by atoms with Crippen molar-refractivity contribution < 1.29 is 26.3 Å². The van der Waals surface area contributed by atoms with Gasteiger partial charge in [-0.05, 0) is 106 Å². The second kappa shape index (κ2) is 11.3. The molecule has 14 heteroatoms. The highest BCUT2D eigenvalue weighted by atomic mass is 79.9. The Labute approximate surface area is 294 Å². The normalized spacial score (nSPS) is 17.1. The van der Waals surface area contributed by atoms with Gasteiger partial charge in [-0.1, -0.05) is 0 Å². The summed E-state index contributed by atoms with van der Waals surface area (Å²) in [6.07, 6.45) is 0. The largest absolute Gasteiger partial charge is 0.380 e. The molecule has 1 aliphatic rings. The lowest BCUT2D eigenvalue weighted by Crippen LogP contribution is -2.48. The molecule has 45 heavy (non-hydrogen) atoms. The van der Waals surface area contributed by atoms with Crippen LogP contribution in [-0.4, -0.2) is 17.8 Å². The second-order valence-electron chi connectivity index (χ2n) is 10.2. The summed E-state index contributed by atoms with van der Waals surface area (Å²) in [4.78, 5) is 5.76. The number of allylic oxidation sites excluding steroid dienone is 2. The van der Waals surface area contributed by atoms with E-state index in [0.29, 0.717) is 29.3 Å². The van der Waals surface area contributed by atoms with Crippen LogP contribution in [-0.2, 0) is 0 Å². The summed E-state index contributed by atoms with van der Waals surface area (Å²) in [5.41, 5.74) is -3.28. The van der Waals surface area contributed by atoms with E-state index in [9.17, 15) is 0 Å². The number of rotatable bonds is 6. The molecule has 6 aromatic rings. The average Bonchev–Trinajstić information content (AvgIpc) is 3.79. The molecule has 0 bridgehead atoms. The van der Waals surface area contributed by atoms with Crippen molar-refractivity contribution in [1.29, 1.82) is 0 Å². The molecule has 0 atom stereocenters. The number of hydrogen-bond acceptors (Lipinski definition) is 6. The average molecular weight is 855 g/mol. The predicted octanol–water partition coefficient (Wildman–Crippen LogP) is 14.7. The van der Waals surface area contributed by atoms with E-state index in [-0.39, 0.29) is 20.9 Å². The molecule has 0 N–H and O–H groups in total. The Balaban J connectivity index is 1.58. The van der Waals surface area contributed by atoms with Crippen molar-refractivity contribution >= 4 is 111 Å². The molecule has 0 amide bonds. The molecule has 0 saturated heterocycles. The van der Waals surface area contributed by atoms with Gasteiger partial charge in [0.15, 0.2) is 0 Å². The molecule has 0 unspecified atom stereocenters. The van der Waals surface area contributed by atoms with E-state index in [1.165, 1.54) is 57.5 Å². The van der Waals surface area contributed by atoms with E-state index < -0.39 is 28.9 Å². The second-order valence-corrected chi connectivity index (χ2v) is 19.8. The van der Waals surface area contributed by atoms with Crippen LogP contribution in [0, 0.1) is 13.8 Å². The maximum atomic E-state index is 16.2. The van der Waals surface area contributed by atoms with Crippen LogP contribution >= 0.6 is 99.9 Å². The highest BCUT2D eigenvalue weighted by Gasteiger charge is 2.80. The van der Waals surface area contributed by atoms with Gasteiger partial charge in [0.2, 0.25) is 0 Å². The Hall–Kier alpha value is -1.52. The number of aryl methyl sites for hydroxylation is 2. The van der Waals surface area contributed by atoms with E-state index >= 15 is 26.3 Å². The molecular formula is C31H16Br2F6S6. The predicted molar refractivity (Wildman–Crippen MR) is 188 cm³/mol. The summed E-state index contributed by atoms with van der Waals surface area (Å²) in [6, 6.07) is 16.9. The minimum Gasteiger partial charge on any atom is -0.194 e. The van der Waals surface area contributed by atoms with Crippen molar-refractivity contribution in [3.63, 3.8) is 0 Å². The van der Waals surface area contributed by atoms with E-state index in [1.807, 2.05) is 13.8 Å². The molecule has 232 valence electrons. The monoisotopic (exact) mass is 852 g/mol. The summed E-state index contributed by atoms with van der Waals surface area (Å²) < 4.78 is 97.6. The Morgan fingerprint density at radius 1 is 0.467 bits per heavy atom. The molecule has 6 aromatic heterocycles. The Kier molecular flexibility index (Phi) is 8.04.